The first kappa shape index (κ1) is 23.4. The van der Waals surface area contributed by atoms with Gasteiger partial charge in [-0.3, -0.25) is 4.99 Å². The van der Waals surface area contributed by atoms with Crippen LogP contribution in [0, 0.1) is 11.8 Å². The van der Waals surface area contributed by atoms with Gasteiger partial charge in [0.1, 0.15) is 0 Å². The van der Waals surface area contributed by atoms with Gasteiger partial charge in [0.05, 0.1) is 0 Å². The summed E-state index contributed by atoms with van der Waals surface area (Å²) in [7, 11) is 0. The molecule has 2 N–H and O–H groups in total. The van der Waals surface area contributed by atoms with Crippen LogP contribution in [0.25, 0.3) is 0 Å². The van der Waals surface area contributed by atoms with Gasteiger partial charge in [-0.15, -0.1) is 0 Å². The molecule has 2 heterocycles. The molecule has 1 atom stereocenters. The molecule has 2 fully saturated rings. The molecule has 164 valence electrons. The summed E-state index contributed by atoms with van der Waals surface area (Å²) in [6, 6.07) is 0. The zero-order valence-corrected chi connectivity index (χ0v) is 18.4. The second kappa shape index (κ2) is 15.1. The molecule has 1 unspecified atom stereocenters. The zero-order valence-electron chi connectivity index (χ0n) is 18.4. The molecule has 6 nitrogen and oxygen atoms in total. The number of unbranched alkanes of at least 4 members (excludes halogenated alkanes) is 1. The number of hydrogen-bond donors (Lipinski definition) is 2. The summed E-state index contributed by atoms with van der Waals surface area (Å²) in [6.07, 6.45) is 8.50. The predicted octanol–water partition coefficient (Wildman–Crippen LogP) is 2.89. The third-order valence-electron chi connectivity index (χ3n) is 5.69. The smallest absolute Gasteiger partial charge is 0.191 e. The second-order valence-electron chi connectivity index (χ2n) is 8.43. The summed E-state index contributed by atoms with van der Waals surface area (Å²) in [6.45, 7) is 14.5. The van der Waals surface area contributed by atoms with Gasteiger partial charge in [-0.25, -0.2) is 0 Å². The Kier molecular flexibility index (Phi) is 12.6. The van der Waals surface area contributed by atoms with Crippen molar-refractivity contribution in [1.82, 2.24) is 15.5 Å². The second-order valence-corrected chi connectivity index (χ2v) is 8.43. The van der Waals surface area contributed by atoms with Gasteiger partial charge in [0, 0.05) is 52.6 Å². The molecule has 6 heteroatoms. The van der Waals surface area contributed by atoms with Crippen LogP contribution in [0.2, 0.25) is 0 Å². The highest BCUT2D eigenvalue weighted by Crippen LogP contribution is 2.16. The lowest BCUT2D eigenvalue weighted by atomic mass is 10.0. The summed E-state index contributed by atoms with van der Waals surface area (Å²) in [4.78, 5) is 7.31. The molecule has 0 aromatic rings. The molecule has 0 amide bonds. The molecule has 0 aromatic heterocycles. The van der Waals surface area contributed by atoms with Crippen molar-refractivity contribution in [3.05, 3.63) is 0 Å². The number of ether oxygens (including phenoxy) is 2. The molecule has 2 saturated heterocycles. The minimum atomic E-state index is 0.685. The number of likely N-dealkylation sites (tertiary alicyclic amines) is 1. The zero-order chi connectivity index (χ0) is 19.9. The third-order valence-corrected chi connectivity index (χ3v) is 5.69. The first-order valence-corrected chi connectivity index (χ1v) is 11.7. The van der Waals surface area contributed by atoms with Crippen molar-refractivity contribution in [3.63, 3.8) is 0 Å². The fourth-order valence-electron chi connectivity index (χ4n) is 4.02. The monoisotopic (exact) mass is 396 g/mol. The highest BCUT2D eigenvalue weighted by Gasteiger charge is 2.15. The van der Waals surface area contributed by atoms with E-state index in [0.717, 1.165) is 77.2 Å². The van der Waals surface area contributed by atoms with Gasteiger partial charge in [-0.2, -0.15) is 0 Å². The highest BCUT2D eigenvalue weighted by molar-refractivity contribution is 5.79. The van der Waals surface area contributed by atoms with E-state index in [4.69, 9.17) is 9.47 Å². The Labute approximate surface area is 172 Å². The maximum atomic E-state index is 5.82. The fraction of sp³-hybridized carbons (Fsp3) is 0.955. The molecular weight excluding hydrogens is 352 g/mol. The molecule has 0 aromatic carbocycles. The lowest BCUT2D eigenvalue weighted by Gasteiger charge is -2.30. The molecule has 0 radical (unpaired) electrons. The summed E-state index contributed by atoms with van der Waals surface area (Å²) in [5.41, 5.74) is 0. The molecule has 28 heavy (non-hydrogen) atoms. The van der Waals surface area contributed by atoms with Crippen LogP contribution in [0.5, 0.6) is 0 Å². The van der Waals surface area contributed by atoms with Gasteiger partial charge in [-0.1, -0.05) is 6.92 Å². The average Bonchev–Trinajstić information content (AvgIpc) is 2.71. The molecule has 0 spiro atoms. The number of hydrogen-bond acceptors (Lipinski definition) is 4. The van der Waals surface area contributed by atoms with Crippen molar-refractivity contribution < 1.29 is 9.47 Å². The van der Waals surface area contributed by atoms with E-state index in [0.29, 0.717) is 5.92 Å². The lowest BCUT2D eigenvalue weighted by Crippen LogP contribution is -2.38. The standard InChI is InChI=1S/C22H44N4O2/c1-3-23-22(24-11-4-5-13-26-14-6-8-20(2)18-26)25-12-7-15-28-19-21-9-16-27-17-10-21/h20-21H,3-19H2,1-2H3,(H2,23,24,25). The molecule has 0 aliphatic carbocycles. The van der Waals surface area contributed by atoms with E-state index in [9.17, 15) is 0 Å². The summed E-state index contributed by atoms with van der Waals surface area (Å²) in [5.74, 6) is 2.50. The number of piperidine rings is 1. The first-order chi connectivity index (χ1) is 13.8. The van der Waals surface area contributed by atoms with Gasteiger partial charge < -0.3 is 25.0 Å². The molecule has 2 aliphatic rings. The van der Waals surface area contributed by atoms with Gasteiger partial charge in [0.15, 0.2) is 5.96 Å². The normalized spacial score (nSPS) is 22.4. The Hall–Kier alpha value is -0.850. The van der Waals surface area contributed by atoms with Crippen LogP contribution in [0.3, 0.4) is 0 Å². The average molecular weight is 397 g/mol. The molecule has 2 rings (SSSR count). The van der Waals surface area contributed by atoms with E-state index < -0.39 is 0 Å². The predicted molar refractivity (Wildman–Crippen MR) is 117 cm³/mol. The lowest BCUT2D eigenvalue weighted by molar-refractivity contribution is 0.0205. The molecule has 0 saturated carbocycles. The largest absolute Gasteiger partial charge is 0.381 e. The number of nitrogens with one attached hydrogen (secondary N) is 2. The van der Waals surface area contributed by atoms with Crippen molar-refractivity contribution >= 4 is 5.96 Å². The maximum Gasteiger partial charge on any atom is 0.191 e. The van der Waals surface area contributed by atoms with Gasteiger partial charge in [0.25, 0.3) is 0 Å². The Morgan fingerprint density at radius 3 is 2.79 bits per heavy atom. The minimum absolute atomic E-state index is 0.685. The molecular formula is C22H44N4O2. The van der Waals surface area contributed by atoms with Gasteiger partial charge >= 0.3 is 0 Å². The van der Waals surface area contributed by atoms with Crippen molar-refractivity contribution in [2.75, 3.05) is 65.7 Å². The summed E-state index contributed by atoms with van der Waals surface area (Å²) >= 11 is 0. The van der Waals surface area contributed by atoms with Crippen molar-refractivity contribution in [2.24, 2.45) is 16.8 Å². The Balaban J connectivity index is 1.48. The van der Waals surface area contributed by atoms with Crippen LogP contribution in [0.1, 0.15) is 58.8 Å². The number of guanidine groups is 1. The topological polar surface area (TPSA) is 58.1 Å². The van der Waals surface area contributed by atoms with Crippen LogP contribution in [-0.4, -0.2) is 76.6 Å². The van der Waals surface area contributed by atoms with E-state index >= 15 is 0 Å². The van der Waals surface area contributed by atoms with Gasteiger partial charge in [0.2, 0.25) is 0 Å². The van der Waals surface area contributed by atoms with E-state index in [-0.39, 0.29) is 0 Å². The maximum absolute atomic E-state index is 5.82. The Morgan fingerprint density at radius 2 is 2.00 bits per heavy atom. The first-order valence-electron chi connectivity index (χ1n) is 11.7. The van der Waals surface area contributed by atoms with E-state index in [1.165, 1.54) is 45.3 Å². The minimum Gasteiger partial charge on any atom is -0.381 e. The molecule has 0 bridgehead atoms. The quantitative estimate of drug-likeness (QED) is 0.302. The van der Waals surface area contributed by atoms with Gasteiger partial charge in [-0.05, 0) is 76.8 Å². The Morgan fingerprint density at radius 1 is 1.14 bits per heavy atom. The van der Waals surface area contributed by atoms with Crippen LogP contribution in [0.15, 0.2) is 4.99 Å². The van der Waals surface area contributed by atoms with E-state index in [2.05, 4.69) is 34.4 Å². The van der Waals surface area contributed by atoms with E-state index in [1.54, 1.807) is 0 Å². The number of aliphatic imine (C=N–C) groups is 1. The Bertz CT molecular complexity index is 413. The summed E-state index contributed by atoms with van der Waals surface area (Å²) < 4.78 is 11.2. The molecule has 2 aliphatic heterocycles. The van der Waals surface area contributed by atoms with Crippen LogP contribution >= 0.6 is 0 Å². The highest BCUT2D eigenvalue weighted by atomic mass is 16.5. The van der Waals surface area contributed by atoms with Crippen LogP contribution in [-0.2, 0) is 9.47 Å². The fourth-order valence-corrected chi connectivity index (χ4v) is 4.02. The van der Waals surface area contributed by atoms with Crippen molar-refractivity contribution in [1.29, 1.82) is 0 Å². The van der Waals surface area contributed by atoms with Crippen molar-refractivity contribution in [3.8, 4) is 0 Å². The van der Waals surface area contributed by atoms with Crippen molar-refractivity contribution in [2.45, 2.75) is 58.8 Å². The van der Waals surface area contributed by atoms with Crippen LogP contribution in [0.4, 0.5) is 0 Å². The van der Waals surface area contributed by atoms with Crippen LogP contribution < -0.4 is 10.6 Å². The SMILES string of the molecule is CCNC(=NCCCOCC1CCOCC1)NCCCCN1CCCC(C)C1. The number of nitrogens with zero attached hydrogens (tertiary/aromatic N) is 2. The third kappa shape index (κ3) is 10.6. The number of rotatable bonds is 12. The van der Waals surface area contributed by atoms with E-state index in [1.807, 2.05) is 0 Å². The summed E-state index contributed by atoms with van der Waals surface area (Å²) in [5, 5.41) is 6.82.